The molecule has 1 fully saturated rings. The predicted molar refractivity (Wildman–Crippen MR) is 72.7 cm³/mol. The van der Waals surface area contributed by atoms with E-state index in [1.165, 1.54) is 38.6 Å². The van der Waals surface area contributed by atoms with Gasteiger partial charge in [-0.25, -0.2) is 0 Å². The third-order valence-corrected chi connectivity index (χ3v) is 4.71. The van der Waals surface area contributed by atoms with Gasteiger partial charge in [-0.1, -0.05) is 40.0 Å². The van der Waals surface area contributed by atoms with Crippen molar-refractivity contribution < 1.29 is 0 Å². The Bertz CT molecular complexity index is 176. The molecule has 1 rings (SSSR count). The van der Waals surface area contributed by atoms with Crippen molar-refractivity contribution in [1.82, 2.24) is 4.90 Å². The third kappa shape index (κ3) is 3.48. The highest BCUT2D eigenvalue weighted by Crippen LogP contribution is 2.31. The topological polar surface area (TPSA) is 3.24 Å². The first-order valence-corrected chi connectivity index (χ1v) is 7.33. The van der Waals surface area contributed by atoms with Gasteiger partial charge in [-0.05, 0) is 45.1 Å². The summed E-state index contributed by atoms with van der Waals surface area (Å²) in [6, 6.07) is 1.57. The van der Waals surface area contributed by atoms with E-state index in [1.54, 1.807) is 0 Å². The molecule has 1 heterocycles. The lowest BCUT2D eigenvalue weighted by Crippen LogP contribution is -2.51. The Hall–Kier alpha value is -0.0400. The van der Waals surface area contributed by atoms with Crippen LogP contribution in [0.15, 0.2) is 0 Å². The number of piperidine rings is 1. The molecule has 0 aromatic rings. The fourth-order valence-corrected chi connectivity index (χ4v) is 3.13. The summed E-state index contributed by atoms with van der Waals surface area (Å²) in [7, 11) is 0. The zero-order chi connectivity index (χ0) is 12.1. The van der Waals surface area contributed by atoms with E-state index in [9.17, 15) is 0 Å². The van der Waals surface area contributed by atoms with E-state index in [1.807, 2.05) is 0 Å². The molecular formula is C15H31N. The van der Waals surface area contributed by atoms with Crippen molar-refractivity contribution in [2.45, 2.75) is 78.8 Å². The van der Waals surface area contributed by atoms with Crippen LogP contribution in [-0.4, -0.2) is 23.5 Å². The van der Waals surface area contributed by atoms with Crippen LogP contribution in [0.3, 0.4) is 0 Å². The molecule has 1 aliphatic heterocycles. The van der Waals surface area contributed by atoms with Crippen molar-refractivity contribution >= 4 is 0 Å². The van der Waals surface area contributed by atoms with E-state index in [0.29, 0.717) is 0 Å². The molecule has 1 nitrogen and oxygen atoms in total. The average Bonchev–Trinajstić information content (AvgIpc) is 2.25. The molecule has 1 aliphatic rings. The van der Waals surface area contributed by atoms with Crippen LogP contribution in [0.2, 0.25) is 0 Å². The van der Waals surface area contributed by atoms with Crippen molar-refractivity contribution in [1.29, 1.82) is 0 Å². The molecule has 16 heavy (non-hydrogen) atoms. The summed E-state index contributed by atoms with van der Waals surface area (Å²) < 4.78 is 0. The van der Waals surface area contributed by atoms with Gasteiger partial charge in [-0.2, -0.15) is 0 Å². The molecule has 0 aromatic heterocycles. The van der Waals surface area contributed by atoms with E-state index < -0.39 is 0 Å². The van der Waals surface area contributed by atoms with Crippen LogP contribution in [0.4, 0.5) is 0 Å². The average molecular weight is 225 g/mol. The van der Waals surface area contributed by atoms with Crippen molar-refractivity contribution in [3.63, 3.8) is 0 Å². The second-order valence-corrected chi connectivity index (χ2v) is 5.97. The maximum absolute atomic E-state index is 2.76. The maximum Gasteiger partial charge on any atom is 0.00956 e. The molecule has 4 atom stereocenters. The lowest BCUT2D eigenvalue weighted by atomic mass is 9.81. The minimum Gasteiger partial charge on any atom is -0.297 e. The molecule has 4 unspecified atom stereocenters. The SMILES string of the molecule is CCCCCCN1C(C)C(C)CC(C)C1C. The Kier molecular flexibility index (Phi) is 5.82. The van der Waals surface area contributed by atoms with Crippen molar-refractivity contribution in [3.05, 3.63) is 0 Å². The molecule has 0 spiro atoms. The van der Waals surface area contributed by atoms with Gasteiger partial charge in [0.05, 0.1) is 0 Å². The standard InChI is InChI=1S/C15H31N/c1-6-7-8-9-10-16-14(4)12(2)11-13(3)15(16)5/h12-15H,6-11H2,1-5H3. The zero-order valence-corrected chi connectivity index (χ0v) is 12.0. The smallest absolute Gasteiger partial charge is 0.00956 e. The molecule has 0 bridgehead atoms. The molecule has 0 N–H and O–H groups in total. The minimum absolute atomic E-state index is 0.785. The first-order chi connectivity index (χ1) is 7.57. The van der Waals surface area contributed by atoms with Gasteiger partial charge in [0.1, 0.15) is 0 Å². The van der Waals surface area contributed by atoms with E-state index in [0.717, 1.165) is 23.9 Å². The lowest BCUT2D eigenvalue weighted by Gasteiger charge is -2.46. The maximum atomic E-state index is 2.76. The Balaban J connectivity index is 2.41. The highest BCUT2D eigenvalue weighted by atomic mass is 15.2. The van der Waals surface area contributed by atoms with Gasteiger partial charge in [0.25, 0.3) is 0 Å². The van der Waals surface area contributed by atoms with Crippen molar-refractivity contribution in [2.24, 2.45) is 11.8 Å². The molecule has 0 aliphatic carbocycles. The highest BCUT2D eigenvalue weighted by molar-refractivity contribution is 4.87. The molecule has 1 heteroatoms. The summed E-state index contributed by atoms with van der Waals surface area (Å²) >= 11 is 0. The Labute approximate surface area is 103 Å². The van der Waals surface area contributed by atoms with Crippen LogP contribution in [-0.2, 0) is 0 Å². The first-order valence-electron chi connectivity index (χ1n) is 7.33. The second-order valence-electron chi connectivity index (χ2n) is 5.97. The quantitative estimate of drug-likeness (QED) is 0.630. The fraction of sp³-hybridized carbons (Fsp3) is 1.00. The summed E-state index contributed by atoms with van der Waals surface area (Å²) in [6.07, 6.45) is 6.96. The van der Waals surface area contributed by atoms with Gasteiger partial charge < -0.3 is 0 Å². The lowest BCUT2D eigenvalue weighted by molar-refractivity contribution is 0.0265. The molecule has 0 saturated carbocycles. The summed E-state index contributed by atoms with van der Waals surface area (Å²) in [6.45, 7) is 13.3. The molecule has 0 radical (unpaired) electrons. The number of hydrogen-bond donors (Lipinski definition) is 0. The largest absolute Gasteiger partial charge is 0.297 e. The second kappa shape index (κ2) is 6.64. The molecule has 0 aromatic carbocycles. The predicted octanol–water partition coefficient (Wildman–Crippen LogP) is 4.32. The Morgan fingerprint density at radius 3 is 1.94 bits per heavy atom. The summed E-state index contributed by atoms with van der Waals surface area (Å²) in [5.41, 5.74) is 0. The Morgan fingerprint density at radius 2 is 1.44 bits per heavy atom. The van der Waals surface area contributed by atoms with Crippen molar-refractivity contribution in [3.8, 4) is 0 Å². The van der Waals surface area contributed by atoms with E-state index in [2.05, 4.69) is 39.5 Å². The van der Waals surface area contributed by atoms with E-state index in [4.69, 9.17) is 0 Å². The minimum atomic E-state index is 0.785. The first kappa shape index (κ1) is 14.0. The van der Waals surface area contributed by atoms with E-state index in [-0.39, 0.29) is 0 Å². The van der Waals surface area contributed by atoms with Crippen LogP contribution in [0.1, 0.15) is 66.7 Å². The van der Waals surface area contributed by atoms with E-state index >= 15 is 0 Å². The molecule has 96 valence electrons. The van der Waals surface area contributed by atoms with Gasteiger partial charge in [-0.3, -0.25) is 4.90 Å². The monoisotopic (exact) mass is 225 g/mol. The number of likely N-dealkylation sites (tertiary alicyclic amines) is 1. The van der Waals surface area contributed by atoms with Gasteiger partial charge >= 0.3 is 0 Å². The van der Waals surface area contributed by atoms with Crippen molar-refractivity contribution in [2.75, 3.05) is 6.54 Å². The fourth-order valence-electron chi connectivity index (χ4n) is 3.13. The van der Waals surface area contributed by atoms with Crippen LogP contribution < -0.4 is 0 Å². The van der Waals surface area contributed by atoms with Crippen LogP contribution >= 0.6 is 0 Å². The van der Waals surface area contributed by atoms with Gasteiger partial charge in [0.15, 0.2) is 0 Å². The molecule has 0 amide bonds. The number of nitrogens with zero attached hydrogens (tertiary/aromatic N) is 1. The summed E-state index contributed by atoms with van der Waals surface area (Å²) in [4.78, 5) is 2.76. The zero-order valence-electron chi connectivity index (χ0n) is 12.0. The summed E-state index contributed by atoms with van der Waals surface area (Å²) in [5.74, 6) is 1.75. The van der Waals surface area contributed by atoms with Gasteiger partial charge in [0.2, 0.25) is 0 Å². The molecular weight excluding hydrogens is 194 g/mol. The number of rotatable bonds is 5. The summed E-state index contributed by atoms with van der Waals surface area (Å²) in [5, 5.41) is 0. The molecule has 1 saturated heterocycles. The van der Waals surface area contributed by atoms with Crippen LogP contribution in [0.5, 0.6) is 0 Å². The van der Waals surface area contributed by atoms with Gasteiger partial charge in [0, 0.05) is 12.1 Å². The number of unbranched alkanes of at least 4 members (excludes halogenated alkanes) is 3. The van der Waals surface area contributed by atoms with Gasteiger partial charge in [-0.15, -0.1) is 0 Å². The van der Waals surface area contributed by atoms with Crippen LogP contribution in [0.25, 0.3) is 0 Å². The Morgan fingerprint density at radius 1 is 0.875 bits per heavy atom. The number of hydrogen-bond acceptors (Lipinski definition) is 1. The van der Waals surface area contributed by atoms with Crippen LogP contribution in [0, 0.1) is 11.8 Å². The third-order valence-electron chi connectivity index (χ3n) is 4.71. The highest BCUT2D eigenvalue weighted by Gasteiger charge is 2.33. The normalized spacial score (nSPS) is 36.6.